The minimum absolute atomic E-state index is 0.0986. The molecule has 2 N–H and O–H groups in total. The van der Waals surface area contributed by atoms with Gasteiger partial charge in [0.15, 0.2) is 5.13 Å². The highest BCUT2D eigenvalue weighted by molar-refractivity contribution is 7.93. The van der Waals surface area contributed by atoms with E-state index in [1.54, 1.807) is 5.38 Å². The van der Waals surface area contributed by atoms with Gasteiger partial charge in [0.1, 0.15) is 0 Å². The number of alkyl halides is 3. The molecule has 30 heavy (non-hydrogen) atoms. The van der Waals surface area contributed by atoms with Crippen molar-refractivity contribution in [1.82, 2.24) is 9.88 Å². The summed E-state index contributed by atoms with van der Waals surface area (Å²) >= 11 is 1.05. The summed E-state index contributed by atoms with van der Waals surface area (Å²) in [5.41, 5.74) is -1.22. The number of nitrogens with zero attached hydrogens (tertiary/aromatic N) is 2. The van der Waals surface area contributed by atoms with Crippen molar-refractivity contribution in [3.05, 3.63) is 35.3 Å². The summed E-state index contributed by atoms with van der Waals surface area (Å²) in [7, 11) is -4.17. The maximum absolute atomic E-state index is 13.7. The van der Waals surface area contributed by atoms with Crippen molar-refractivity contribution in [2.45, 2.75) is 55.3 Å². The second-order valence-corrected chi connectivity index (χ2v) is 10.5. The van der Waals surface area contributed by atoms with Crippen LogP contribution < -0.4 is 10.0 Å². The summed E-state index contributed by atoms with van der Waals surface area (Å²) in [6.45, 7) is 3.53. The molecule has 0 amide bonds. The Balaban J connectivity index is 1.59. The predicted octanol–water partition coefficient (Wildman–Crippen LogP) is 4.39. The summed E-state index contributed by atoms with van der Waals surface area (Å²) in [5, 5.41) is 4.65. The van der Waals surface area contributed by atoms with Gasteiger partial charge >= 0.3 is 6.18 Å². The van der Waals surface area contributed by atoms with Crippen LogP contribution >= 0.6 is 11.3 Å². The molecule has 164 valence electrons. The zero-order valence-electron chi connectivity index (χ0n) is 16.4. The van der Waals surface area contributed by atoms with Crippen molar-refractivity contribution in [2.75, 3.05) is 23.1 Å². The summed E-state index contributed by atoms with van der Waals surface area (Å²) in [6, 6.07) is 3.50. The highest BCUT2D eigenvalue weighted by atomic mass is 32.2. The number of rotatable bonds is 6. The smallest absolute Gasteiger partial charge is 0.383 e. The quantitative estimate of drug-likeness (QED) is 0.669. The van der Waals surface area contributed by atoms with Crippen LogP contribution in [0.25, 0.3) is 0 Å². The van der Waals surface area contributed by atoms with Crippen LogP contribution in [0.4, 0.5) is 24.0 Å². The minimum Gasteiger partial charge on any atom is -0.383 e. The van der Waals surface area contributed by atoms with E-state index in [0.717, 1.165) is 43.6 Å². The number of hydrogen-bond acceptors (Lipinski definition) is 6. The van der Waals surface area contributed by atoms with Crippen molar-refractivity contribution in [3.63, 3.8) is 0 Å². The van der Waals surface area contributed by atoms with Crippen molar-refractivity contribution in [3.8, 4) is 0 Å². The molecule has 1 aromatic heterocycles. The van der Waals surface area contributed by atoms with Gasteiger partial charge in [0, 0.05) is 35.4 Å². The van der Waals surface area contributed by atoms with Crippen molar-refractivity contribution in [2.24, 2.45) is 0 Å². The molecule has 0 spiro atoms. The van der Waals surface area contributed by atoms with Gasteiger partial charge in [0.2, 0.25) is 0 Å². The van der Waals surface area contributed by atoms with Crippen LogP contribution in [0.2, 0.25) is 0 Å². The zero-order valence-corrected chi connectivity index (χ0v) is 18.0. The van der Waals surface area contributed by atoms with Gasteiger partial charge in [-0.25, -0.2) is 13.4 Å². The van der Waals surface area contributed by atoms with Crippen LogP contribution in [0.15, 0.2) is 34.7 Å². The molecule has 0 unspecified atom stereocenters. The highest BCUT2D eigenvalue weighted by Crippen LogP contribution is 2.43. The Bertz CT molecular complexity index is 1010. The molecule has 6 nitrogen and oxygen atoms in total. The number of sulfonamides is 1. The number of aromatic nitrogens is 1. The third-order valence-electron chi connectivity index (χ3n) is 6.08. The fourth-order valence-corrected chi connectivity index (χ4v) is 6.43. The van der Waals surface area contributed by atoms with Gasteiger partial charge in [0.25, 0.3) is 10.0 Å². The Morgan fingerprint density at radius 3 is 2.83 bits per heavy atom. The second-order valence-electron chi connectivity index (χ2n) is 7.91. The third kappa shape index (κ3) is 4.02. The molecule has 2 aliphatic rings. The number of fused-ring (bicyclic) bond motifs is 1. The number of halogens is 3. The Hall–Kier alpha value is -1.85. The van der Waals surface area contributed by atoms with Gasteiger partial charge < -0.3 is 5.32 Å². The van der Waals surface area contributed by atoms with Crippen molar-refractivity contribution < 1.29 is 21.6 Å². The molecule has 4 rings (SSSR count). The number of hydrogen-bond donors (Lipinski definition) is 2. The topological polar surface area (TPSA) is 74.3 Å². The molecule has 3 heterocycles. The number of nitrogens with one attached hydrogen (secondary N) is 2. The van der Waals surface area contributed by atoms with E-state index in [9.17, 15) is 21.6 Å². The summed E-state index contributed by atoms with van der Waals surface area (Å²) < 4.78 is 68.5. The largest absolute Gasteiger partial charge is 0.418 e. The molecule has 2 atom stereocenters. The first-order valence-electron chi connectivity index (χ1n) is 9.75. The van der Waals surface area contributed by atoms with Crippen LogP contribution in [0, 0.1) is 0 Å². The van der Waals surface area contributed by atoms with Crippen molar-refractivity contribution >= 4 is 32.2 Å². The van der Waals surface area contributed by atoms with Crippen LogP contribution in [-0.2, 0) is 16.2 Å². The SMILES string of the molecule is C[C@H]1CC[C@]2(CNc3ccc(S(=O)(=O)Nc4nccs4)cc3C(F)(F)F)CCCN12. The van der Waals surface area contributed by atoms with Gasteiger partial charge in [-0.3, -0.25) is 9.62 Å². The summed E-state index contributed by atoms with van der Waals surface area (Å²) in [4.78, 5) is 5.75. The van der Waals surface area contributed by atoms with Crippen LogP contribution in [0.3, 0.4) is 0 Å². The third-order valence-corrected chi connectivity index (χ3v) is 8.23. The van der Waals surface area contributed by atoms with E-state index in [1.165, 1.54) is 18.3 Å². The number of anilines is 2. The van der Waals surface area contributed by atoms with Gasteiger partial charge in [0.05, 0.1) is 10.5 Å². The molecule has 0 aliphatic carbocycles. The summed E-state index contributed by atoms with van der Waals surface area (Å²) in [5.74, 6) is 0. The average Bonchev–Trinajstić information content (AvgIpc) is 3.38. The molecular weight excluding hydrogens is 437 g/mol. The lowest BCUT2D eigenvalue weighted by molar-refractivity contribution is -0.137. The van der Waals surface area contributed by atoms with E-state index in [4.69, 9.17) is 0 Å². The lowest BCUT2D eigenvalue weighted by atomic mass is 9.93. The second kappa shape index (κ2) is 7.69. The number of thiazole rings is 1. The molecule has 1 aromatic carbocycles. The molecule has 0 bridgehead atoms. The molecule has 0 saturated carbocycles. The maximum Gasteiger partial charge on any atom is 0.418 e. The molecule has 2 aromatic rings. The Labute approximate surface area is 177 Å². The average molecular weight is 461 g/mol. The van der Waals surface area contributed by atoms with Crippen molar-refractivity contribution in [1.29, 1.82) is 0 Å². The molecule has 11 heteroatoms. The maximum atomic E-state index is 13.7. The van der Waals surface area contributed by atoms with E-state index in [2.05, 4.69) is 26.8 Å². The summed E-state index contributed by atoms with van der Waals surface area (Å²) in [6.07, 6.45) is 0.700. The lowest BCUT2D eigenvalue weighted by Gasteiger charge is -2.35. The van der Waals surface area contributed by atoms with Gasteiger partial charge in [-0.1, -0.05) is 0 Å². The Morgan fingerprint density at radius 1 is 1.33 bits per heavy atom. The van der Waals surface area contributed by atoms with E-state index < -0.39 is 26.7 Å². The van der Waals surface area contributed by atoms with Crippen LogP contribution in [0.1, 0.15) is 38.2 Å². The van der Waals surface area contributed by atoms with E-state index in [0.29, 0.717) is 18.7 Å². The van der Waals surface area contributed by atoms with Crippen LogP contribution in [-0.4, -0.2) is 43.0 Å². The standard InChI is InChI=1S/C19H23F3N4O2S2/c1-13-5-7-18(6-2-9-26(13)18)12-24-16-4-3-14(11-15(16)19(20,21)22)30(27,28)25-17-23-8-10-29-17/h3-4,8,10-11,13,24H,2,5-7,9,12H2,1H3,(H,23,25)/t13-,18-/m0/s1. The first-order chi connectivity index (χ1) is 14.1. The zero-order chi connectivity index (χ0) is 21.6. The van der Waals surface area contributed by atoms with Crippen LogP contribution in [0.5, 0.6) is 0 Å². The Morgan fingerprint density at radius 2 is 2.13 bits per heavy atom. The molecule has 2 saturated heterocycles. The number of benzene rings is 1. The predicted molar refractivity (Wildman–Crippen MR) is 110 cm³/mol. The fourth-order valence-electron chi connectivity index (χ4n) is 4.61. The van der Waals surface area contributed by atoms with Gasteiger partial charge in [-0.2, -0.15) is 13.2 Å². The van der Waals surface area contributed by atoms with E-state index in [-0.39, 0.29) is 16.4 Å². The molecule has 2 aliphatic heterocycles. The van der Waals surface area contributed by atoms with Gasteiger partial charge in [-0.05, 0) is 57.4 Å². The highest BCUT2D eigenvalue weighted by Gasteiger charge is 2.47. The van der Waals surface area contributed by atoms with E-state index >= 15 is 0 Å². The first-order valence-corrected chi connectivity index (χ1v) is 12.1. The van der Waals surface area contributed by atoms with Gasteiger partial charge in [-0.15, -0.1) is 11.3 Å². The van der Waals surface area contributed by atoms with E-state index in [1.807, 2.05) is 0 Å². The molecule has 2 fully saturated rings. The fraction of sp³-hybridized carbons (Fsp3) is 0.526. The normalized spacial score (nSPS) is 24.7. The molecular formula is C19H23F3N4O2S2. The minimum atomic E-state index is -4.69. The molecule has 0 radical (unpaired) electrons. The monoisotopic (exact) mass is 460 g/mol. The lowest BCUT2D eigenvalue weighted by Crippen LogP contribution is -2.46. The Kier molecular flexibility index (Phi) is 5.48. The first kappa shape index (κ1) is 21.4.